The van der Waals surface area contributed by atoms with Crippen LogP contribution in [0.4, 0.5) is 4.79 Å². The number of carbonyl (C=O) groups excluding carboxylic acids is 2. The molecule has 0 saturated carbocycles. The van der Waals surface area contributed by atoms with Crippen molar-refractivity contribution >= 4 is 11.9 Å². The minimum atomic E-state index is -0.0659. The molecule has 2 heterocycles. The zero-order valence-electron chi connectivity index (χ0n) is 14.3. The quantitative estimate of drug-likeness (QED) is 0.894. The van der Waals surface area contributed by atoms with Crippen LogP contribution in [-0.4, -0.2) is 52.9 Å². The smallest absolute Gasteiger partial charge is 0.317 e. The maximum atomic E-state index is 12.4. The van der Waals surface area contributed by atoms with E-state index in [1.165, 1.54) is 0 Å². The summed E-state index contributed by atoms with van der Waals surface area (Å²) in [6.07, 6.45) is 4.88. The van der Waals surface area contributed by atoms with E-state index in [9.17, 15) is 9.59 Å². The van der Waals surface area contributed by atoms with Crippen molar-refractivity contribution < 1.29 is 9.59 Å². The zero-order chi connectivity index (χ0) is 17.5. The van der Waals surface area contributed by atoms with Gasteiger partial charge in [-0.3, -0.25) is 4.79 Å². The van der Waals surface area contributed by atoms with Crippen LogP contribution in [0, 0.1) is 0 Å². The first-order valence-corrected chi connectivity index (χ1v) is 8.68. The van der Waals surface area contributed by atoms with Crippen LogP contribution in [0.1, 0.15) is 17.5 Å². The summed E-state index contributed by atoms with van der Waals surface area (Å²) in [6, 6.07) is 11.7. The van der Waals surface area contributed by atoms with Gasteiger partial charge < -0.3 is 20.1 Å². The van der Waals surface area contributed by atoms with Gasteiger partial charge in [0.05, 0.1) is 6.42 Å². The molecule has 25 heavy (non-hydrogen) atoms. The number of H-pyrrole nitrogens is 1. The first kappa shape index (κ1) is 17.1. The summed E-state index contributed by atoms with van der Waals surface area (Å²) in [5, 5.41) is 2.96. The Morgan fingerprint density at radius 1 is 0.960 bits per heavy atom. The van der Waals surface area contributed by atoms with Gasteiger partial charge in [0.25, 0.3) is 0 Å². The summed E-state index contributed by atoms with van der Waals surface area (Å²) in [5.41, 5.74) is 2.07. The molecule has 3 amide bonds. The van der Waals surface area contributed by atoms with E-state index >= 15 is 0 Å². The van der Waals surface area contributed by atoms with Crippen molar-refractivity contribution in [1.82, 2.24) is 20.1 Å². The van der Waals surface area contributed by atoms with Crippen molar-refractivity contribution in [1.29, 1.82) is 0 Å². The van der Waals surface area contributed by atoms with E-state index < -0.39 is 0 Å². The molecule has 1 aromatic carbocycles. The van der Waals surface area contributed by atoms with Gasteiger partial charge in [-0.2, -0.15) is 0 Å². The molecule has 0 radical (unpaired) electrons. The van der Waals surface area contributed by atoms with E-state index in [4.69, 9.17) is 0 Å². The topological polar surface area (TPSA) is 68.4 Å². The van der Waals surface area contributed by atoms with Crippen LogP contribution in [-0.2, 0) is 17.8 Å². The number of carbonyl (C=O) groups is 2. The molecule has 3 rings (SSSR count). The van der Waals surface area contributed by atoms with Crippen LogP contribution in [0.15, 0.2) is 48.8 Å². The molecular formula is C19H24N4O2. The summed E-state index contributed by atoms with van der Waals surface area (Å²) in [4.78, 5) is 31.4. The zero-order valence-corrected chi connectivity index (χ0v) is 14.3. The lowest BCUT2D eigenvalue weighted by Gasteiger charge is -2.22. The average molecular weight is 340 g/mol. The number of hydrogen-bond acceptors (Lipinski definition) is 2. The second-order valence-corrected chi connectivity index (χ2v) is 6.26. The van der Waals surface area contributed by atoms with Crippen molar-refractivity contribution in [2.24, 2.45) is 0 Å². The Kier molecular flexibility index (Phi) is 5.72. The van der Waals surface area contributed by atoms with Crippen molar-refractivity contribution in [2.75, 3.05) is 26.2 Å². The van der Waals surface area contributed by atoms with Gasteiger partial charge in [-0.1, -0.05) is 30.3 Å². The lowest BCUT2D eigenvalue weighted by atomic mass is 10.2. The maximum absolute atomic E-state index is 12.4. The van der Waals surface area contributed by atoms with Gasteiger partial charge in [0, 0.05) is 45.1 Å². The van der Waals surface area contributed by atoms with Gasteiger partial charge in [0.15, 0.2) is 0 Å². The van der Waals surface area contributed by atoms with E-state index in [2.05, 4.69) is 10.3 Å². The third-order valence-corrected chi connectivity index (χ3v) is 4.44. The second-order valence-electron chi connectivity index (χ2n) is 6.26. The van der Waals surface area contributed by atoms with E-state index in [-0.39, 0.29) is 11.9 Å². The highest BCUT2D eigenvalue weighted by molar-refractivity contribution is 5.79. The lowest BCUT2D eigenvalue weighted by molar-refractivity contribution is -0.130. The molecule has 0 spiro atoms. The Morgan fingerprint density at radius 2 is 1.72 bits per heavy atom. The molecule has 1 aromatic heterocycles. The molecule has 6 nitrogen and oxygen atoms in total. The van der Waals surface area contributed by atoms with E-state index in [0.717, 1.165) is 17.5 Å². The van der Waals surface area contributed by atoms with E-state index in [0.29, 0.717) is 39.1 Å². The molecular weight excluding hydrogens is 316 g/mol. The summed E-state index contributed by atoms with van der Waals surface area (Å²) < 4.78 is 0. The summed E-state index contributed by atoms with van der Waals surface area (Å²) in [7, 11) is 0. The molecule has 1 saturated heterocycles. The first-order valence-electron chi connectivity index (χ1n) is 8.68. The predicted molar refractivity (Wildman–Crippen MR) is 95.9 cm³/mol. The molecule has 6 heteroatoms. The molecule has 1 aliphatic heterocycles. The van der Waals surface area contributed by atoms with Crippen LogP contribution in [0.25, 0.3) is 0 Å². The fourth-order valence-electron chi connectivity index (χ4n) is 3.01. The number of nitrogens with one attached hydrogen (secondary N) is 2. The van der Waals surface area contributed by atoms with Gasteiger partial charge in [0.2, 0.25) is 5.91 Å². The Balaban J connectivity index is 1.47. The van der Waals surface area contributed by atoms with Gasteiger partial charge in [-0.05, 0) is 23.6 Å². The Morgan fingerprint density at radius 3 is 2.48 bits per heavy atom. The van der Waals surface area contributed by atoms with Crippen LogP contribution < -0.4 is 5.32 Å². The van der Waals surface area contributed by atoms with Gasteiger partial charge in [-0.15, -0.1) is 0 Å². The van der Waals surface area contributed by atoms with Crippen molar-refractivity contribution in [3.8, 4) is 0 Å². The summed E-state index contributed by atoms with van der Waals surface area (Å²) in [5.74, 6) is 0.117. The van der Waals surface area contributed by atoms with E-state index in [1.54, 1.807) is 4.90 Å². The highest BCUT2D eigenvalue weighted by atomic mass is 16.2. The third-order valence-electron chi connectivity index (χ3n) is 4.44. The number of aromatic nitrogens is 1. The van der Waals surface area contributed by atoms with Crippen LogP contribution in [0.2, 0.25) is 0 Å². The Hall–Kier alpha value is -2.76. The lowest BCUT2D eigenvalue weighted by Crippen LogP contribution is -2.42. The molecule has 0 atom stereocenters. The van der Waals surface area contributed by atoms with Gasteiger partial charge in [0.1, 0.15) is 0 Å². The number of amides is 3. The Labute approximate surface area is 147 Å². The second kappa shape index (κ2) is 8.37. The van der Waals surface area contributed by atoms with Gasteiger partial charge in [-0.25, -0.2) is 4.79 Å². The molecule has 0 aliphatic carbocycles. The monoisotopic (exact) mass is 340 g/mol. The fraction of sp³-hybridized carbons (Fsp3) is 0.368. The molecule has 1 aliphatic rings. The SMILES string of the molecule is O=C(Cc1cc[nH]c1)N1CCCN(C(=O)NCc2ccccc2)CC1. The molecule has 132 valence electrons. The van der Waals surface area contributed by atoms with Crippen molar-refractivity contribution in [2.45, 2.75) is 19.4 Å². The number of aromatic amines is 1. The van der Waals surface area contributed by atoms with Crippen LogP contribution in [0.3, 0.4) is 0 Å². The normalized spacial score (nSPS) is 14.9. The Bertz CT molecular complexity index is 685. The largest absolute Gasteiger partial charge is 0.367 e. The van der Waals surface area contributed by atoms with Crippen molar-refractivity contribution in [3.63, 3.8) is 0 Å². The van der Waals surface area contributed by atoms with Crippen LogP contribution in [0.5, 0.6) is 0 Å². The van der Waals surface area contributed by atoms with E-state index in [1.807, 2.05) is 53.7 Å². The summed E-state index contributed by atoms with van der Waals surface area (Å²) >= 11 is 0. The van der Waals surface area contributed by atoms with Gasteiger partial charge >= 0.3 is 6.03 Å². The molecule has 0 unspecified atom stereocenters. The summed E-state index contributed by atoms with van der Waals surface area (Å²) in [6.45, 7) is 3.05. The molecule has 1 fully saturated rings. The van der Waals surface area contributed by atoms with Crippen molar-refractivity contribution in [3.05, 3.63) is 59.9 Å². The fourth-order valence-corrected chi connectivity index (χ4v) is 3.01. The molecule has 2 N–H and O–H groups in total. The first-order chi connectivity index (χ1) is 12.2. The number of hydrogen-bond donors (Lipinski definition) is 2. The highest BCUT2D eigenvalue weighted by Crippen LogP contribution is 2.08. The number of benzene rings is 1. The molecule has 2 aromatic rings. The predicted octanol–water partition coefficient (Wildman–Crippen LogP) is 2.00. The minimum absolute atomic E-state index is 0.0659. The maximum Gasteiger partial charge on any atom is 0.317 e. The third kappa shape index (κ3) is 4.86. The average Bonchev–Trinajstić information content (AvgIpc) is 3.01. The number of rotatable bonds is 4. The molecule has 0 bridgehead atoms. The number of nitrogens with zero attached hydrogens (tertiary/aromatic N) is 2. The standard InChI is InChI=1S/C19H24N4O2/c24-18(13-17-7-8-20-14-17)22-9-4-10-23(12-11-22)19(25)21-15-16-5-2-1-3-6-16/h1-3,5-8,14,20H,4,9-13,15H2,(H,21,25). The van der Waals surface area contributed by atoms with Crippen LogP contribution >= 0.6 is 0 Å². The highest BCUT2D eigenvalue weighted by Gasteiger charge is 2.22. The number of urea groups is 1. The minimum Gasteiger partial charge on any atom is -0.367 e.